The van der Waals surface area contributed by atoms with Crippen molar-refractivity contribution < 1.29 is 19.1 Å². The first-order valence-corrected chi connectivity index (χ1v) is 17.0. The van der Waals surface area contributed by atoms with Crippen LogP contribution in [0, 0.1) is 10.5 Å². The van der Waals surface area contributed by atoms with Gasteiger partial charge in [0.1, 0.15) is 23.2 Å². The van der Waals surface area contributed by atoms with Crippen LogP contribution < -0.4 is 4.74 Å². The first-order chi connectivity index (χ1) is 18.0. The van der Waals surface area contributed by atoms with Gasteiger partial charge in [-0.05, 0) is 65.8 Å². The Kier molecular flexibility index (Phi) is 9.96. The third kappa shape index (κ3) is 7.43. The SMILES string of the molecule is Cc1c(Cl)nc(-c2cc(OCC(CN(C)C(=O)O)O[Si](C)(C)C(C)(C)C)ccc2Cl)nc1-c1c(I)cnn1C. The van der Waals surface area contributed by atoms with Crippen molar-refractivity contribution in [2.45, 2.75) is 51.9 Å². The van der Waals surface area contributed by atoms with Crippen molar-refractivity contribution in [2.24, 2.45) is 7.05 Å². The summed E-state index contributed by atoms with van der Waals surface area (Å²) in [6.45, 7) is 12.8. The van der Waals surface area contributed by atoms with Gasteiger partial charge in [-0.1, -0.05) is 44.0 Å². The van der Waals surface area contributed by atoms with Gasteiger partial charge in [-0.2, -0.15) is 5.10 Å². The van der Waals surface area contributed by atoms with Gasteiger partial charge in [0, 0.05) is 25.2 Å². The molecule has 39 heavy (non-hydrogen) atoms. The number of carboxylic acid groups (broad SMARTS) is 1. The Labute approximate surface area is 254 Å². The first kappa shape index (κ1) is 31.6. The second-order valence-corrected chi connectivity index (χ2v) is 17.6. The number of hydrogen-bond donors (Lipinski definition) is 1. The maximum Gasteiger partial charge on any atom is 0.407 e. The van der Waals surface area contributed by atoms with Crippen LogP contribution >= 0.6 is 45.8 Å². The average molecular weight is 706 g/mol. The molecule has 0 spiro atoms. The molecule has 1 aromatic carbocycles. The molecule has 0 aliphatic rings. The van der Waals surface area contributed by atoms with E-state index in [1.165, 1.54) is 11.9 Å². The van der Waals surface area contributed by atoms with Gasteiger partial charge in [0.25, 0.3) is 0 Å². The molecule has 3 aromatic rings. The van der Waals surface area contributed by atoms with E-state index >= 15 is 0 Å². The molecule has 2 aromatic heterocycles. The summed E-state index contributed by atoms with van der Waals surface area (Å²) < 4.78 is 15.3. The molecular weight excluding hydrogens is 672 g/mol. The molecular formula is C26H34Cl2IN5O4Si. The van der Waals surface area contributed by atoms with Gasteiger partial charge in [0.15, 0.2) is 14.1 Å². The van der Waals surface area contributed by atoms with Gasteiger partial charge in [-0.25, -0.2) is 14.8 Å². The minimum Gasteiger partial charge on any atom is -0.491 e. The van der Waals surface area contributed by atoms with Crippen LogP contribution in [0.4, 0.5) is 4.79 Å². The highest BCUT2D eigenvalue weighted by atomic mass is 127. The van der Waals surface area contributed by atoms with Crippen LogP contribution in [0.1, 0.15) is 26.3 Å². The van der Waals surface area contributed by atoms with E-state index in [4.69, 9.17) is 37.3 Å². The molecule has 1 N–H and O–H groups in total. The predicted molar refractivity (Wildman–Crippen MR) is 165 cm³/mol. The fraction of sp³-hybridized carbons (Fsp3) is 0.462. The molecule has 2 heterocycles. The van der Waals surface area contributed by atoms with E-state index in [0.717, 1.165) is 14.8 Å². The van der Waals surface area contributed by atoms with Crippen molar-refractivity contribution in [1.82, 2.24) is 24.6 Å². The standard InChI is InChI=1S/C26H34Cl2IN5O4Si/c1-15-21(22-20(29)12-30-34(22)6)31-24(32-23(15)28)18-11-16(9-10-19(18)27)37-14-17(13-33(5)25(35)36)38-39(7,8)26(2,3)4/h9-12,17H,13-14H2,1-8H3,(H,35,36). The minimum atomic E-state index is -2.20. The third-order valence-electron chi connectivity index (χ3n) is 6.89. The maximum absolute atomic E-state index is 11.5. The number of aryl methyl sites for hydroxylation is 1. The Bertz CT molecular complexity index is 1340. The molecule has 13 heteroatoms. The zero-order chi connectivity index (χ0) is 29.3. The van der Waals surface area contributed by atoms with Gasteiger partial charge >= 0.3 is 6.09 Å². The van der Waals surface area contributed by atoms with Crippen LogP contribution in [0.2, 0.25) is 28.3 Å². The number of hydrogen-bond acceptors (Lipinski definition) is 6. The van der Waals surface area contributed by atoms with Gasteiger partial charge in [-0.15, -0.1) is 0 Å². The second kappa shape index (κ2) is 12.3. The number of carbonyl (C=O) groups is 1. The number of halogens is 3. The Morgan fingerprint density at radius 1 is 1.26 bits per heavy atom. The Balaban J connectivity index is 1.93. The molecule has 0 fully saturated rings. The lowest BCUT2D eigenvalue weighted by molar-refractivity contribution is 0.0794. The van der Waals surface area contributed by atoms with Crippen LogP contribution in [-0.2, 0) is 11.5 Å². The largest absolute Gasteiger partial charge is 0.491 e. The maximum atomic E-state index is 11.5. The predicted octanol–water partition coefficient (Wildman–Crippen LogP) is 7.14. The number of amides is 1. The average Bonchev–Trinajstić information content (AvgIpc) is 3.16. The lowest BCUT2D eigenvalue weighted by Gasteiger charge is -2.39. The summed E-state index contributed by atoms with van der Waals surface area (Å²) in [4.78, 5) is 22.0. The number of likely N-dealkylation sites (N-methyl/N-ethyl adjacent to an activating group) is 1. The smallest absolute Gasteiger partial charge is 0.407 e. The highest BCUT2D eigenvalue weighted by Crippen LogP contribution is 2.38. The van der Waals surface area contributed by atoms with Gasteiger partial charge in [0.05, 0.1) is 33.1 Å². The normalized spacial score (nSPS) is 12.9. The molecule has 9 nitrogen and oxygen atoms in total. The summed E-state index contributed by atoms with van der Waals surface area (Å²) in [5.41, 5.74) is 2.78. The molecule has 0 saturated heterocycles. The molecule has 0 aliphatic carbocycles. The molecule has 3 rings (SSSR count). The van der Waals surface area contributed by atoms with Crippen molar-refractivity contribution >= 4 is 60.2 Å². The van der Waals surface area contributed by atoms with Crippen LogP contribution in [-0.4, -0.2) is 70.5 Å². The summed E-state index contributed by atoms with van der Waals surface area (Å²) in [5.74, 6) is 0.876. The van der Waals surface area contributed by atoms with Crippen molar-refractivity contribution in [3.05, 3.63) is 43.7 Å². The molecule has 0 bridgehead atoms. The molecule has 1 amide bonds. The van der Waals surface area contributed by atoms with Crippen molar-refractivity contribution in [3.8, 4) is 28.5 Å². The van der Waals surface area contributed by atoms with Gasteiger partial charge < -0.3 is 19.2 Å². The van der Waals surface area contributed by atoms with Crippen LogP contribution in [0.15, 0.2) is 24.4 Å². The molecule has 0 saturated carbocycles. The molecule has 0 aliphatic heterocycles. The summed E-state index contributed by atoms with van der Waals surface area (Å²) in [6.07, 6.45) is 0.269. The van der Waals surface area contributed by atoms with E-state index < -0.39 is 20.5 Å². The van der Waals surface area contributed by atoms with E-state index in [-0.39, 0.29) is 18.2 Å². The highest BCUT2D eigenvalue weighted by molar-refractivity contribution is 14.1. The van der Waals surface area contributed by atoms with E-state index in [9.17, 15) is 9.90 Å². The lowest BCUT2D eigenvalue weighted by atomic mass is 10.1. The summed E-state index contributed by atoms with van der Waals surface area (Å²) in [6, 6.07) is 5.21. The van der Waals surface area contributed by atoms with E-state index in [1.807, 2.05) is 14.0 Å². The Morgan fingerprint density at radius 3 is 2.49 bits per heavy atom. The van der Waals surface area contributed by atoms with Crippen LogP contribution in [0.5, 0.6) is 5.75 Å². The van der Waals surface area contributed by atoms with Crippen molar-refractivity contribution in [3.63, 3.8) is 0 Å². The molecule has 1 atom stereocenters. The lowest BCUT2D eigenvalue weighted by Crippen LogP contribution is -2.49. The minimum absolute atomic E-state index is 0.0497. The van der Waals surface area contributed by atoms with E-state index in [1.54, 1.807) is 29.1 Å². The summed E-state index contributed by atoms with van der Waals surface area (Å²) in [5, 5.41) is 14.5. The fourth-order valence-electron chi connectivity index (χ4n) is 3.57. The van der Waals surface area contributed by atoms with E-state index in [2.05, 4.69) is 66.5 Å². The number of aromatic nitrogens is 4. The van der Waals surface area contributed by atoms with Gasteiger partial charge in [0.2, 0.25) is 0 Å². The quantitative estimate of drug-likeness (QED) is 0.143. The second-order valence-electron chi connectivity index (χ2n) is 10.9. The monoisotopic (exact) mass is 705 g/mol. The molecule has 1 unspecified atom stereocenters. The topological polar surface area (TPSA) is 103 Å². The zero-order valence-electron chi connectivity index (χ0n) is 23.3. The highest BCUT2D eigenvalue weighted by Gasteiger charge is 2.39. The van der Waals surface area contributed by atoms with E-state index in [0.29, 0.717) is 33.0 Å². The number of rotatable bonds is 9. The van der Waals surface area contributed by atoms with Crippen LogP contribution in [0.25, 0.3) is 22.8 Å². The summed E-state index contributed by atoms with van der Waals surface area (Å²) in [7, 11) is 1.17. The first-order valence-electron chi connectivity index (χ1n) is 12.3. The number of nitrogens with zero attached hydrogens (tertiary/aromatic N) is 5. The van der Waals surface area contributed by atoms with Crippen molar-refractivity contribution in [1.29, 1.82) is 0 Å². The Hall–Kier alpha value is -1.93. The van der Waals surface area contributed by atoms with Crippen molar-refractivity contribution in [2.75, 3.05) is 20.2 Å². The Morgan fingerprint density at radius 2 is 1.92 bits per heavy atom. The summed E-state index contributed by atoms with van der Waals surface area (Å²) >= 11 is 15.3. The van der Waals surface area contributed by atoms with Gasteiger partial charge in [-0.3, -0.25) is 4.68 Å². The number of benzene rings is 1. The van der Waals surface area contributed by atoms with Crippen LogP contribution in [0.3, 0.4) is 0 Å². The number of ether oxygens (including phenoxy) is 1. The molecule has 0 radical (unpaired) electrons. The zero-order valence-corrected chi connectivity index (χ0v) is 28.0. The fourth-order valence-corrected chi connectivity index (χ4v) is 6.00. The molecule has 212 valence electrons. The third-order valence-corrected chi connectivity index (χ3v) is 12.9.